The molecule has 1 heterocycles. The number of fused-ring (bicyclic) bond motifs is 1. The minimum absolute atomic E-state index is 0.0528. The molecule has 22 heavy (non-hydrogen) atoms. The van der Waals surface area contributed by atoms with Crippen molar-refractivity contribution < 1.29 is 4.92 Å². The Hall–Kier alpha value is -2.50. The van der Waals surface area contributed by atoms with E-state index >= 15 is 0 Å². The van der Waals surface area contributed by atoms with Crippen molar-refractivity contribution >= 4 is 29.5 Å². The largest absolute Gasteiger partial charge is 0.411 e. The topological polar surface area (TPSA) is 49.6 Å². The van der Waals surface area contributed by atoms with Gasteiger partial charge in [0, 0.05) is 23.5 Å². The van der Waals surface area contributed by atoms with E-state index in [2.05, 4.69) is 49.7 Å². The van der Waals surface area contributed by atoms with Crippen molar-refractivity contribution in [2.75, 3.05) is 23.7 Å². The lowest BCUT2D eigenvalue weighted by Gasteiger charge is -2.23. The standard InChI is InChI=1S/C16H18BN3O2/c1-11-9-15-16(10-12(11)2)19(4)17(18(15)3)13-5-7-14(8-6-13)20(21)22/h5-10H,1-4H3. The second-order valence-corrected chi connectivity index (χ2v) is 5.87. The predicted molar refractivity (Wildman–Crippen MR) is 91.2 cm³/mol. The van der Waals surface area contributed by atoms with Crippen molar-refractivity contribution in [1.29, 1.82) is 0 Å². The summed E-state index contributed by atoms with van der Waals surface area (Å²) < 4.78 is 0. The van der Waals surface area contributed by atoms with Gasteiger partial charge >= 0.3 is 6.98 Å². The summed E-state index contributed by atoms with van der Waals surface area (Å²) in [5.41, 5.74) is 6.08. The molecule has 2 aromatic rings. The number of anilines is 2. The van der Waals surface area contributed by atoms with Gasteiger partial charge in [0.2, 0.25) is 0 Å². The van der Waals surface area contributed by atoms with Crippen LogP contribution in [0.25, 0.3) is 0 Å². The van der Waals surface area contributed by atoms with Gasteiger partial charge in [-0.3, -0.25) is 10.1 Å². The van der Waals surface area contributed by atoms with E-state index in [9.17, 15) is 10.1 Å². The van der Waals surface area contributed by atoms with Crippen molar-refractivity contribution in [3.63, 3.8) is 0 Å². The first-order valence-corrected chi connectivity index (χ1v) is 7.21. The van der Waals surface area contributed by atoms with Crippen molar-refractivity contribution in [3.05, 3.63) is 57.6 Å². The van der Waals surface area contributed by atoms with E-state index in [0.717, 1.165) is 5.46 Å². The van der Waals surface area contributed by atoms with Crippen molar-refractivity contribution in [2.45, 2.75) is 13.8 Å². The lowest BCUT2D eigenvalue weighted by Crippen LogP contribution is -2.53. The number of non-ortho nitro benzene ring substituents is 1. The predicted octanol–water partition coefficient (Wildman–Crippen LogP) is 2.49. The minimum Gasteiger partial charge on any atom is -0.393 e. The van der Waals surface area contributed by atoms with Crippen LogP contribution in [0.4, 0.5) is 17.1 Å². The van der Waals surface area contributed by atoms with Crippen LogP contribution >= 0.6 is 0 Å². The van der Waals surface area contributed by atoms with Gasteiger partial charge in [-0.05, 0) is 56.7 Å². The average molecular weight is 295 g/mol. The maximum Gasteiger partial charge on any atom is 0.411 e. The molecule has 0 N–H and O–H groups in total. The molecule has 6 heteroatoms. The minimum atomic E-state index is -0.368. The van der Waals surface area contributed by atoms with Gasteiger partial charge < -0.3 is 9.62 Å². The first-order chi connectivity index (χ1) is 10.4. The summed E-state index contributed by atoms with van der Waals surface area (Å²) in [5, 5.41) is 10.8. The zero-order valence-corrected chi connectivity index (χ0v) is 13.2. The molecule has 0 aromatic heterocycles. The van der Waals surface area contributed by atoms with Gasteiger partial charge in [-0.1, -0.05) is 12.1 Å². The Bertz CT molecular complexity index is 711. The molecular weight excluding hydrogens is 277 g/mol. The van der Waals surface area contributed by atoms with Crippen molar-refractivity contribution in [2.24, 2.45) is 0 Å². The zero-order valence-electron chi connectivity index (χ0n) is 13.2. The Morgan fingerprint density at radius 3 is 1.82 bits per heavy atom. The van der Waals surface area contributed by atoms with Gasteiger partial charge in [-0.2, -0.15) is 0 Å². The third kappa shape index (κ3) is 2.11. The smallest absolute Gasteiger partial charge is 0.393 e. The highest BCUT2D eigenvalue weighted by atomic mass is 16.6. The molecule has 0 bridgehead atoms. The summed E-state index contributed by atoms with van der Waals surface area (Å²) in [6, 6.07) is 11.2. The molecule has 0 aliphatic carbocycles. The molecule has 0 fully saturated rings. The molecule has 5 nitrogen and oxygen atoms in total. The highest BCUT2D eigenvalue weighted by Crippen LogP contribution is 2.37. The molecule has 1 aliphatic heterocycles. The van der Waals surface area contributed by atoms with E-state index in [-0.39, 0.29) is 17.6 Å². The molecule has 0 atom stereocenters. The van der Waals surface area contributed by atoms with Crippen molar-refractivity contribution in [3.8, 4) is 0 Å². The number of nitrogens with zero attached hydrogens (tertiary/aromatic N) is 3. The van der Waals surface area contributed by atoms with Gasteiger partial charge in [0.25, 0.3) is 5.69 Å². The highest BCUT2D eigenvalue weighted by molar-refractivity contribution is 6.81. The molecule has 0 radical (unpaired) electrons. The molecule has 0 saturated carbocycles. The average Bonchev–Trinajstić information content (AvgIpc) is 2.72. The summed E-state index contributed by atoms with van der Waals surface area (Å²) in [4.78, 5) is 14.9. The van der Waals surface area contributed by atoms with Gasteiger partial charge in [0.1, 0.15) is 0 Å². The fraction of sp³-hybridized carbons (Fsp3) is 0.250. The van der Waals surface area contributed by atoms with Crippen LogP contribution in [0.15, 0.2) is 36.4 Å². The van der Waals surface area contributed by atoms with E-state index < -0.39 is 0 Å². The normalized spacial score (nSPS) is 13.5. The molecule has 0 saturated heterocycles. The third-order valence-corrected chi connectivity index (χ3v) is 4.49. The van der Waals surface area contributed by atoms with Crippen molar-refractivity contribution in [1.82, 2.24) is 0 Å². The number of hydrogen-bond donors (Lipinski definition) is 0. The van der Waals surface area contributed by atoms with Crippen LogP contribution in [-0.4, -0.2) is 26.0 Å². The SMILES string of the molecule is Cc1cc2c(cc1C)N(C)B(c1ccc([N+](=O)[O-])cc1)N2C. The Morgan fingerprint density at radius 2 is 1.41 bits per heavy atom. The van der Waals surface area contributed by atoms with Crippen LogP contribution < -0.4 is 15.1 Å². The highest BCUT2D eigenvalue weighted by Gasteiger charge is 2.37. The van der Waals surface area contributed by atoms with Gasteiger partial charge in [0.05, 0.1) is 4.92 Å². The van der Waals surface area contributed by atoms with Crippen LogP contribution in [0.2, 0.25) is 0 Å². The number of rotatable bonds is 2. The number of benzene rings is 2. The number of nitro benzene ring substituents is 1. The monoisotopic (exact) mass is 295 g/mol. The first kappa shape index (κ1) is 14.4. The molecule has 112 valence electrons. The third-order valence-electron chi connectivity index (χ3n) is 4.49. The second-order valence-electron chi connectivity index (χ2n) is 5.87. The Morgan fingerprint density at radius 1 is 0.955 bits per heavy atom. The molecule has 0 unspecified atom stereocenters. The fourth-order valence-electron chi connectivity index (χ4n) is 3.09. The molecule has 0 amide bonds. The molecule has 1 aliphatic rings. The Labute approximate surface area is 130 Å². The number of hydrogen-bond acceptors (Lipinski definition) is 4. The van der Waals surface area contributed by atoms with Crippen LogP contribution in [0.1, 0.15) is 11.1 Å². The maximum atomic E-state index is 10.8. The molecule has 0 spiro atoms. The summed E-state index contributed by atoms with van der Waals surface area (Å²) in [5.74, 6) is 0. The van der Waals surface area contributed by atoms with Crippen LogP contribution in [-0.2, 0) is 0 Å². The van der Waals surface area contributed by atoms with E-state index in [1.165, 1.54) is 22.5 Å². The Kier molecular flexibility index (Phi) is 3.32. The lowest BCUT2D eigenvalue weighted by molar-refractivity contribution is -0.384. The molecule has 2 aromatic carbocycles. The van der Waals surface area contributed by atoms with Crippen LogP contribution in [0, 0.1) is 24.0 Å². The summed E-state index contributed by atoms with van der Waals surface area (Å²) in [6.07, 6.45) is 0. The number of nitro groups is 1. The van der Waals surface area contributed by atoms with E-state index in [0.29, 0.717) is 0 Å². The van der Waals surface area contributed by atoms with Crippen LogP contribution in [0.3, 0.4) is 0 Å². The first-order valence-electron chi connectivity index (χ1n) is 7.21. The maximum absolute atomic E-state index is 10.8. The zero-order chi connectivity index (χ0) is 16.0. The quantitative estimate of drug-likeness (QED) is 0.485. The van der Waals surface area contributed by atoms with E-state index in [1.54, 1.807) is 12.1 Å². The second kappa shape index (κ2) is 5.05. The van der Waals surface area contributed by atoms with E-state index in [4.69, 9.17) is 0 Å². The van der Waals surface area contributed by atoms with Gasteiger partial charge in [-0.25, -0.2) is 0 Å². The van der Waals surface area contributed by atoms with Gasteiger partial charge in [-0.15, -0.1) is 0 Å². The summed E-state index contributed by atoms with van der Waals surface area (Å²) >= 11 is 0. The van der Waals surface area contributed by atoms with Crippen LogP contribution in [0.5, 0.6) is 0 Å². The summed E-state index contributed by atoms with van der Waals surface area (Å²) in [6.45, 7) is 4.28. The molecule has 3 rings (SSSR count). The summed E-state index contributed by atoms with van der Waals surface area (Å²) in [7, 11) is 4.12. The van der Waals surface area contributed by atoms with E-state index in [1.807, 2.05) is 12.1 Å². The Balaban J connectivity index is 2.01. The number of aryl methyl sites for hydroxylation is 2. The van der Waals surface area contributed by atoms with Gasteiger partial charge in [0.15, 0.2) is 0 Å². The molecular formula is C16H18BN3O2. The fourth-order valence-corrected chi connectivity index (χ4v) is 3.09. The lowest BCUT2D eigenvalue weighted by atomic mass is 9.66.